The largest absolute Gasteiger partial charge is 0.469 e. The van der Waals surface area contributed by atoms with Crippen molar-refractivity contribution in [2.45, 2.75) is 11.8 Å². The van der Waals surface area contributed by atoms with Crippen LogP contribution in [0.3, 0.4) is 0 Å². The fraction of sp³-hybridized carbons (Fsp3) is 0.182. The maximum Gasteiger partial charge on any atom is 0.315 e. The molecule has 0 saturated carbocycles. The summed E-state index contributed by atoms with van der Waals surface area (Å²) in [4.78, 5) is 32.5. The van der Waals surface area contributed by atoms with Gasteiger partial charge in [-0.15, -0.1) is 0 Å². The topological polar surface area (TPSA) is 84.2 Å². The van der Waals surface area contributed by atoms with Gasteiger partial charge in [-0.05, 0) is 12.1 Å². The minimum Gasteiger partial charge on any atom is -0.469 e. The molecule has 0 radical (unpaired) electrons. The summed E-state index contributed by atoms with van der Waals surface area (Å²) in [5.41, 5.74) is 4.99. The fourth-order valence-electron chi connectivity index (χ4n) is 4.44. The van der Waals surface area contributed by atoms with Crippen LogP contribution in [0.15, 0.2) is 48.5 Å². The Hall–Kier alpha value is -3.54. The van der Waals surface area contributed by atoms with Crippen LogP contribution < -0.4 is 0 Å². The Labute approximate surface area is 160 Å². The van der Waals surface area contributed by atoms with E-state index in [-0.39, 0.29) is 0 Å². The third kappa shape index (κ3) is 2.08. The Kier molecular flexibility index (Phi) is 3.55. The molecule has 0 amide bonds. The molecule has 1 aliphatic carbocycles. The summed E-state index contributed by atoms with van der Waals surface area (Å²) >= 11 is 0. The number of methoxy groups -OCH3 is 2. The SMILES string of the molecule is COC(=O)C1c2[nH]c3ccccc3c2-c2[nH]c3ccccc3c2C1C(=O)OC. The van der Waals surface area contributed by atoms with Gasteiger partial charge in [0.2, 0.25) is 0 Å². The van der Waals surface area contributed by atoms with Crippen LogP contribution in [0, 0.1) is 0 Å². The molecule has 1 aliphatic rings. The van der Waals surface area contributed by atoms with Gasteiger partial charge in [0.15, 0.2) is 0 Å². The highest BCUT2D eigenvalue weighted by molar-refractivity contribution is 6.09. The molecule has 0 bridgehead atoms. The van der Waals surface area contributed by atoms with E-state index in [2.05, 4.69) is 9.97 Å². The first-order valence-electron chi connectivity index (χ1n) is 9.03. The number of esters is 2. The van der Waals surface area contributed by atoms with Crippen molar-refractivity contribution < 1.29 is 19.1 Å². The molecule has 6 heteroatoms. The summed E-state index contributed by atoms with van der Waals surface area (Å²) in [6.45, 7) is 0. The number of nitrogens with one attached hydrogen (secondary N) is 2. The van der Waals surface area contributed by atoms with Crippen molar-refractivity contribution >= 4 is 33.7 Å². The molecule has 140 valence electrons. The van der Waals surface area contributed by atoms with Gasteiger partial charge in [0, 0.05) is 38.6 Å². The number of rotatable bonds is 2. The van der Waals surface area contributed by atoms with E-state index < -0.39 is 23.8 Å². The molecular weight excluding hydrogens is 356 g/mol. The van der Waals surface area contributed by atoms with Crippen LogP contribution in [0.5, 0.6) is 0 Å². The number of carbonyl (C=O) groups excluding carboxylic acids is 2. The Morgan fingerprint density at radius 1 is 0.786 bits per heavy atom. The van der Waals surface area contributed by atoms with Gasteiger partial charge in [-0.2, -0.15) is 0 Å². The third-order valence-electron chi connectivity index (χ3n) is 5.60. The number of para-hydroxylation sites is 2. The van der Waals surface area contributed by atoms with Crippen molar-refractivity contribution in [1.29, 1.82) is 0 Å². The van der Waals surface area contributed by atoms with Crippen LogP contribution in [0.2, 0.25) is 0 Å². The van der Waals surface area contributed by atoms with Crippen LogP contribution in [-0.2, 0) is 19.1 Å². The molecule has 5 rings (SSSR count). The molecule has 6 nitrogen and oxygen atoms in total. The van der Waals surface area contributed by atoms with Crippen LogP contribution >= 0.6 is 0 Å². The van der Waals surface area contributed by atoms with Gasteiger partial charge >= 0.3 is 11.9 Å². The maximum atomic E-state index is 12.9. The minimum atomic E-state index is -0.813. The van der Waals surface area contributed by atoms with E-state index in [9.17, 15) is 9.59 Å². The second-order valence-corrected chi connectivity index (χ2v) is 6.92. The summed E-state index contributed by atoms with van der Waals surface area (Å²) in [6, 6.07) is 15.6. The molecule has 2 N–H and O–H groups in total. The lowest BCUT2D eigenvalue weighted by atomic mass is 9.75. The van der Waals surface area contributed by atoms with Crippen LogP contribution in [0.4, 0.5) is 0 Å². The molecule has 2 aromatic heterocycles. The fourth-order valence-corrected chi connectivity index (χ4v) is 4.44. The van der Waals surface area contributed by atoms with Gasteiger partial charge in [-0.25, -0.2) is 0 Å². The number of fused-ring (bicyclic) bond motifs is 7. The first kappa shape index (κ1) is 16.6. The van der Waals surface area contributed by atoms with E-state index >= 15 is 0 Å². The molecule has 2 unspecified atom stereocenters. The molecule has 28 heavy (non-hydrogen) atoms. The monoisotopic (exact) mass is 374 g/mol. The molecule has 4 aromatic rings. The number of benzene rings is 2. The second kappa shape index (κ2) is 5.99. The summed E-state index contributed by atoms with van der Waals surface area (Å²) in [7, 11) is 2.68. The number of carbonyl (C=O) groups is 2. The molecule has 0 saturated heterocycles. The smallest absolute Gasteiger partial charge is 0.315 e. The van der Waals surface area contributed by atoms with Crippen LogP contribution in [0.1, 0.15) is 23.1 Å². The van der Waals surface area contributed by atoms with Gasteiger partial charge in [0.05, 0.1) is 19.9 Å². The maximum absolute atomic E-state index is 12.9. The van der Waals surface area contributed by atoms with Crippen molar-refractivity contribution in [3.63, 3.8) is 0 Å². The van der Waals surface area contributed by atoms with Gasteiger partial charge in [-0.1, -0.05) is 36.4 Å². The summed E-state index contributed by atoms with van der Waals surface area (Å²) < 4.78 is 10.2. The summed E-state index contributed by atoms with van der Waals surface area (Å²) in [5.74, 6) is -2.56. The molecular formula is C22H18N2O4. The second-order valence-electron chi connectivity index (χ2n) is 6.92. The molecule has 2 aromatic carbocycles. The molecule has 2 atom stereocenters. The average molecular weight is 374 g/mol. The van der Waals surface area contributed by atoms with Gasteiger partial charge in [-0.3, -0.25) is 9.59 Å². The number of H-pyrrole nitrogens is 2. The van der Waals surface area contributed by atoms with E-state index in [1.54, 1.807) is 0 Å². The predicted molar refractivity (Wildman–Crippen MR) is 105 cm³/mol. The Morgan fingerprint density at radius 2 is 1.36 bits per heavy atom. The zero-order valence-electron chi connectivity index (χ0n) is 15.4. The van der Waals surface area contributed by atoms with E-state index in [0.29, 0.717) is 5.69 Å². The highest BCUT2D eigenvalue weighted by Gasteiger charge is 2.47. The molecule has 0 aliphatic heterocycles. The third-order valence-corrected chi connectivity index (χ3v) is 5.60. The van der Waals surface area contributed by atoms with Gasteiger partial charge in [0.25, 0.3) is 0 Å². The Bertz CT molecular complexity index is 1250. The number of hydrogen-bond donors (Lipinski definition) is 2. The van der Waals surface area contributed by atoms with Gasteiger partial charge < -0.3 is 19.4 Å². The van der Waals surface area contributed by atoms with Crippen molar-refractivity contribution in [2.75, 3.05) is 14.2 Å². The predicted octanol–water partition coefficient (Wildman–Crippen LogP) is 3.84. The first-order chi connectivity index (χ1) is 13.7. The lowest BCUT2D eigenvalue weighted by Gasteiger charge is -2.28. The van der Waals surface area contributed by atoms with E-state index in [1.807, 2.05) is 48.5 Å². The standard InChI is InChI=1S/C22H18N2O4/c1-27-21(25)17-15-11-7-3-5-9-13(11)23-19(15)16-12-8-4-6-10-14(12)24-20(16)18(17)22(26)28-2/h3-10,17-18,23-24H,1-2H3. The zero-order valence-corrected chi connectivity index (χ0v) is 15.4. The van der Waals surface area contributed by atoms with E-state index in [4.69, 9.17) is 9.47 Å². The Morgan fingerprint density at radius 3 is 2.04 bits per heavy atom. The van der Waals surface area contributed by atoms with Crippen molar-refractivity contribution in [3.8, 4) is 11.3 Å². The van der Waals surface area contributed by atoms with Crippen LogP contribution in [0.25, 0.3) is 33.1 Å². The van der Waals surface area contributed by atoms with E-state index in [0.717, 1.165) is 38.6 Å². The van der Waals surface area contributed by atoms with E-state index in [1.165, 1.54) is 14.2 Å². The highest BCUT2D eigenvalue weighted by atomic mass is 16.5. The minimum absolute atomic E-state index is 0.467. The van der Waals surface area contributed by atoms with Crippen molar-refractivity contribution in [3.05, 3.63) is 59.8 Å². The Balaban J connectivity index is 1.95. The number of aromatic amines is 2. The van der Waals surface area contributed by atoms with Crippen molar-refractivity contribution in [1.82, 2.24) is 9.97 Å². The van der Waals surface area contributed by atoms with Crippen molar-refractivity contribution in [2.24, 2.45) is 0 Å². The number of ether oxygens (including phenoxy) is 2. The normalized spacial score (nSPS) is 17.9. The summed E-state index contributed by atoms with van der Waals surface area (Å²) in [5, 5.41) is 1.89. The number of aromatic nitrogens is 2. The summed E-state index contributed by atoms with van der Waals surface area (Å²) in [6.07, 6.45) is 0. The van der Waals surface area contributed by atoms with Crippen LogP contribution in [-0.4, -0.2) is 36.1 Å². The molecule has 2 heterocycles. The lowest BCUT2D eigenvalue weighted by Crippen LogP contribution is -2.31. The highest BCUT2D eigenvalue weighted by Crippen LogP contribution is 2.52. The molecule has 0 spiro atoms. The van der Waals surface area contributed by atoms with Gasteiger partial charge in [0.1, 0.15) is 11.8 Å². The quantitative estimate of drug-likeness (QED) is 0.522. The molecule has 0 fully saturated rings. The average Bonchev–Trinajstić information content (AvgIpc) is 3.30. The lowest BCUT2D eigenvalue weighted by molar-refractivity contribution is -0.151. The zero-order chi connectivity index (χ0) is 19.4. The first-order valence-corrected chi connectivity index (χ1v) is 9.03. The number of hydrogen-bond acceptors (Lipinski definition) is 4.